The van der Waals surface area contributed by atoms with Gasteiger partial charge in [-0.05, 0) is 49.7 Å². The number of aromatic nitrogens is 1. The molecule has 102 valence electrons. The molecule has 1 aromatic rings. The Bertz CT molecular complexity index is 456. The molecule has 3 N–H and O–H groups in total. The summed E-state index contributed by atoms with van der Waals surface area (Å²) < 4.78 is 0. The second-order valence-corrected chi connectivity index (χ2v) is 5.94. The van der Waals surface area contributed by atoms with E-state index in [1.165, 1.54) is 18.4 Å². The van der Waals surface area contributed by atoms with Gasteiger partial charge in [-0.3, -0.25) is 9.78 Å². The fourth-order valence-electron chi connectivity index (χ4n) is 3.22. The smallest absolute Gasteiger partial charge is 0.237 e. The molecular formula is C15H21N3O. The average Bonchev–Trinajstić information content (AvgIpc) is 3.21. The third kappa shape index (κ3) is 2.63. The van der Waals surface area contributed by atoms with Crippen LogP contribution in [-0.4, -0.2) is 22.5 Å². The zero-order chi connectivity index (χ0) is 13.3. The van der Waals surface area contributed by atoms with E-state index in [2.05, 4.69) is 16.4 Å². The van der Waals surface area contributed by atoms with E-state index in [1.807, 2.05) is 18.5 Å². The van der Waals surface area contributed by atoms with Crippen LogP contribution < -0.4 is 11.1 Å². The maximum absolute atomic E-state index is 11.5. The SMILES string of the molecule is NC(=O)C1(NC2CCCC(c3cccnc3)C2)CC1. The number of rotatable bonds is 4. The van der Waals surface area contributed by atoms with Gasteiger partial charge >= 0.3 is 0 Å². The summed E-state index contributed by atoms with van der Waals surface area (Å²) in [7, 11) is 0. The van der Waals surface area contributed by atoms with E-state index in [4.69, 9.17) is 5.73 Å². The highest BCUT2D eigenvalue weighted by molar-refractivity contribution is 5.87. The molecule has 2 unspecified atom stereocenters. The summed E-state index contributed by atoms with van der Waals surface area (Å²) in [6.07, 6.45) is 10.2. The molecule has 1 heterocycles. The van der Waals surface area contributed by atoms with E-state index in [9.17, 15) is 4.79 Å². The van der Waals surface area contributed by atoms with Gasteiger partial charge in [-0.2, -0.15) is 0 Å². The number of hydrogen-bond acceptors (Lipinski definition) is 3. The number of nitrogens with zero attached hydrogens (tertiary/aromatic N) is 1. The van der Waals surface area contributed by atoms with Gasteiger partial charge in [0.15, 0.2) is 0 Å². The van der Waals surface area contributed by atoms with E-state index in [-0.39, 0.29) is 11.4 Å². The summed E-state index contributed by atoms with van der Waals surface area (Å²) in [6, 6.07) is 4.56. The zero-order valence-electron chi connectivity index (χ0n) is 11.1. The largest absolute Gasteiger partial charge is 0.368 e. The van der Waals surface area contributed by atoms with Gasteiger partial charge in [0.25, 0.3) is 0 Å². The molecule has 4 heteroatoms. The molecule has 0 aliphatic heterocycles. The van der Waals surface area contributed by atoms with Crippen LogP contribution in [0.15, 0.2) is 24.5 Å². The fourth-order valence-corrected chi connectivity index (χ4v) is 3.22. The molecule has 0 bridgehead atoms. The van der Waals surface area contributed by atoms with Crippen molar-refractivity contribution in [1.29, 1.82) is 0 Å². The Morgan fingerprint density at radius 1 is 1.42 bits per heavy atom. The van der Waals surface area contributed by atoms with Crippen molar-refractivity contribution in [2.45, 2.75) is 56.0 Å². The monoisotopic (exact) mass is 259 g/mol. The molecule has 1 amide bonds. The molecular weight excluding hydrogens is 238 g/mol. The van der Waals surface area contributed by atoms with Gasteiger partial charge in [-0.1, -0.05) is 12.5 Å². The highest BCUT2D eigenvalue weighted by atomic mass is 16.1. The standard InChI is InChI=1S/C15H21N3O/c16-14(19)15(6-7-15)18-13-5-1-3-11(9-13)12-4-2-8-17-10-12/h2,4,8,10-11,13,18H,1,3,5-7,9H2,(H2,16,19). The molecule has 1 aromatic heterocycles. The molecule has 3 rings (SSSR count). The van der Waals surface area contributed by atoms with Gasteiger partial charge in [0, 0.05) is 18.4 Å². The third-order valence-electron chi connectivity index (χ3n) is 4.53. The van der Waals surface area contributed by atoms with Gasteiger partial charge < -0.3 is 11.1 Å². The Hall–Kier alpha value is -1.42. The first-order valence-electron chi connectivity index (χ1n) is 7.17. The van der Waals surface area contributed by atoms with E-state index in [1.54, 1.807) is 0 Å². The molecule has 0 radical (unpaired) electrons. The minimum Gasteiger partial charge on any atom is -0.368 e. The molecule has 2 saturated carbocycles. The van der Waals surface area contributed by atoms with Crippen LogP contribution in [0.4, 0.5) is 0 Å². The highest BCUT2D eigenvalue weighted by Gasteiger charge is 2.49. The van der Waals surface area contributed by atoms with Crippen molar-refractivity contribution in [2.24, 2.45) is 5.73 Å². The van der Waals surface area contributed by atoms with E-state index in [0.29, 0.717) is 12.0 Å². The molecule has 4 nitrogen and oxygen atoms in total. The molecule has 2 fully saturated rings. The van der Waals surface area contributed by atoms with Gasteiger partial charge in [0.2, 0.25) is 5.91 Å². The summed E-state index contributed by atoms with van der Waals surface area (Å²) in [5.41, 5.74) is 6.41. The normalized spacial score (nSPS) is 28.8. The lowest BCUT2D eigenvalue weighted by Crippen LogP contribution is -2.49. The number of carbonyl (C=O) groups is 1. The second kappa shape index (κ2) is 4.93. The summed E-state index contributed by atoms with van der Waals surface area (Å²) in [5.74, 6) is 0.375. The summed E-state index contributed by atoms with van der Waals surface area (Å²) in [5, 5.41) is 3.51. The minimum atomic E-state index is -0.387. The average molecular weight is 259 g/mol. The molecule has 0 spiro atoms. The van der Waals surface area contributed by atoms with Gasteiger partial charge in [0.1, 0.15) is 0 Å². The predicted molar refractivity (Wildman–Crippen MR) is 73.5 cm³/mol. The van der Waals surface area contributed by atoms with Crippen molar-refractivity contribution < 1.29 is 4.79 Å². The first-order valence-corrected chi connectivity index (χ1v) is 7.17. The second-order valence-electron chi connectivity index (χ2n) is 5.94. The van der Waals surface area contributed by atoms with Crippen molar-refractivity contribution in [1.82, 2.24) is 10.3 Å². The van der Waals surface area contributed by atoms with Crippen LogP contribution in [-0.2, 0) is 4.79 Å². The van der Waals surface area contributed by atoms with Crippen molar-refractivity contribution in [3.8, 4) is 0 Å². The number of amides is 1. The molecule has 2 aliphatic carbocycles. The van der Waals surface area contributed by atoms with Crippen LogP contribution in [0.1, 0.15) is 50.0 Å². The predicted octanol–water partition coefficient (Wildman–Crippen LogP) is 1.72. The minimum absolute atomic E-state index is 0.184. The Morgan fingerprint density at radius 2 is 2.26 bits per heavy atom. The summed E-state index contributed by atoms with van der Waals surface area (Å²) in [4.78, 5) is 15.7. The van der Waals surface area contributed by atoms with Crippen LogP contribution >= 0.6 is 0 Å². The fraction of sp³-hybridized carbons (Fsp3) is 0.600. The van der Waals surface area contributed by atoms with Crippen molar-refractivity contribution in [3.63, 3.8) is 0 Å². The molecule has 2 aliphatic rings. The Balaban J connectivity index is 1.64. The van der Waals surface area contributed by atoms with Crippen molar-refractivity contribution in [3.05, 3.63) is 30.1 Å². The lowest BCUT2D eigenvalue weighted by molar-refractivity contribution is -0.121. The molecule has 2 atom stereocenters. The van der Waals surface area contributed by atoms with Crippen LogP contribution in [0.2, 0.25) is 0 Å². The first kappa shape index (κ1) is 12.6. The maximum Gasteiger partial charge on any atom is 0.237 e. The van der Waals surface area contributed by atoms with Gasteiger partial charge in [0.05, 0.1) is 5.54 Å². The molecule has 0 saturated heterocycles. The number of primary amides is 1. The van der Waals surface area contributed by atoms with E-state index < -0.39 is 0 Å². The quantitative estimate of drug-likeness (QED) is 0.865. The van der Waals surface area contributed by atoms with Crippen molar-refractivity contribution in [2.75, 3.05) is 0 Å². The van der Waals surface area contributed by atoms with Crippen LogP contribution in [0.3, 0.4) is 0 Å². The topological polar surface area (TPSA) is 68.0 Å². The number of nitrogens with two attached hydrogens (primary N) is 1. The van der Waals surface area contributed by atoms with E-state index >= 15 is 0 Å². The molecule has 19 heavy (non-hydrogen) atoms. The number of hydrogen-bond donors (Lipinski definition) is 2. The summed E-state index contributed by atoms with van der Waals surface area (Å²) >= 11 is 0. The lowest BCUT2D eigenvalue weighted by Gasteiger charge is -2.32. The van der Waals surface area contributed by atoms with E-state index in [0.717, 1.165) is 25.7 Å². The van der Waals surface area contributed by atoms with Crippen LogP contribution in [0.25, 0.3) is 0 Å². The third-order valence-corrected chi connectivity index (χ3v) is 4.53. The Morgan fingerprint density at radius 3 is 2.89 bits per heavy atom. The van der Waals surface area contributed by atoms with Gasteiger partial charge in [-0.15, -0.1) is 0 Å². The maximum atomic E-state index is 11.5. The number of pyridine rings is 1. The number of carbonyl (C=O) groups excluding carboxylic acids is 1. The highest BCUT2D eigenvalue weighted by Crippen LogP contribution is 2.39. The summed E-state index contributed by atoms with van der Waals surface area (Å²) in [6.45, 7) is 0. The molecule has 0 aromatic carbocycles. The Kier molecular flexibility index (Phi) is 3.27. The number of nitrogens with one attached hydrogen (secondary N) is 1. The van der Waals surface area contributed by atoms with Crippen LogP contribution in [0.5, 0.6) is 0 Å². The zero-order valence-corrected chi connectivity index (χ0v) is 11.1. The van der Waals surface area contributed by atoms with Crippen LogP contribution in [0, 0.1) is 0 Å². The lowest BCUT2D eigenvalue weighted by atomic mass is 9.81. The first-order chi connectivity index (χ1) is 9.20. The Labute approximate surface area is 113 Å². The van der Waals surface area contributed by atoms with Crippen molar-refractivity contribution >= 4 is 5.91 Å². The van der Waals surface area contributed by atoms with Gasteiger partial charge in [-0.25, -0.2) is 0 Å².